The molecule has 0 aliphatic carbocycles. The number of rotatable bonds is 5. The van der Waals surface area contributed by atoms with Crippen LogP contribution in [0.3, 0.4) is 0 Å². The number of anilines is 1. The Balaban J connectivity index is 1.45. The van der Waals surface area contributed by atoms with Crippen molar-refractivity contribution in [2.45, 2.75) is 25.4 Å². The van der Waals surface area contributed by atoms with Gasteiger partial charge < -0.3 is 20.3 Å². The maximum absolute atomic E-state index is 12.0. The molecule has 6 heteroatoms. The van der Waals surface area contributed by atoms with Crippen LogP contribution in [-0.4, -0.2) is 32.3 Å². The SMILES string of the molecule is COc1ccccc1N1CCC(NC(=O)NCc2ccsc2)CC1. The maximum atomic E-state index is 12.0. The third-order valence-corrected chi connectivity index (χ3v) is 5.02. The molecular formula is C18H23N3O2S. The van der Waals surface area contributed by atoms with Crippen molar-refractivity contribution in [3.8, 4) is 5.75 Å². The van der Waals surface area contributed by atoms with Gasteiger partial charge in [-0.1, -0.05) is 12.1 Å². The van der Waals surface area contributed by atoms with E-state index in [4.69, 9.17) is 4.74 Å². The molecule has 0 radical (unpaired) electrons. The lowest BCUT2D eigenvalue weighted by molar-refractivity contribution is 0.234. The number of nitrogens with zero attached hydrogens (tertiary/aromatic N) is 1. The van der Waals surface area contributed by atoms with Crippen molar-refractivity contribution in [3.63, 3.8) is 0 Å². The fourth-order valence-corrected chi connectivity index (χ4v) is 3.64. The molecule has 3 rings (SSSR count). The third kappa shape index (κ3) is 4.20. The molecule has 0 atom stereocenters. The van der Waals surface area contributed by atoms with Crippen molar-refractivity contribution < 1.29 is 9.53 Å². The molecule has 24 heavy (non-hydrogen) atoms. The van der Waals surface area contributed by atoms with Gasteiger partial charge in [0.25, 0.3) is 0 Å². The predicted molar refractivity (Wildman–Crippen MR) is 97.9 cm³/mol. The first kappa shape index (κ1) is 16.6. The summed E-state index contributed by atoms with van der Waals surface area (Å²) < 4.78 is 5.44. The largest absolute Gasteiger partial charge is 0.495 e. The Hall–Kier alpha value is -2.21. The molecule has 1 aliphatic rings. The van der Waals surface area contributed by atoms with Gasteiger partial charge in [-0.2, -0.15) is 11.3 Å². The lowest BCUT2D eigenvalue weighted by Gasteiger charge is -2.34. The van der Waals surface area contributed by atoms with Gasteiger partial charge >= 0.3 is 6.03 Å². The van der Waals surface area contributed by atoms with Gasteiger partial charge in [0.15, 0.2) is 0 Å². The second kappa shape index (κ2) is 8.06. The van der Waals surface area contributed by atoms with Crippen molar-refractivity contribution >= 4 is 23.1 Å². The van der Waals surface area contributed by atoms with E-state index in [2.05, 4.69) is 21.6 Å². The number of urea groups is 1. The number of hydrogen-bond donors (Lipinski definition) is 2. The smallest absolute Gasteiger partial charge is 0.315 e. The monoisotopic (exact) mass is 345 g/mol. The number of thiophene rings is 1. The molecule has 0 spiro atoms. The van der Waals surface area contributed by atoms with E-state index in [1.165, 1.54) is 0 Å². The van der Waals surface area contributed by atoms with Gasteiger partial charge in [0.1, 0.15) is 5.75 Å². The molecule has 0 saturated carbocycles. The zero-order valence-electron chi connectivity index (χ0n) is 13.8. The summed E-state index contributed by atoms with van der Waals surface area (Å²) in [5.74, 6) is 0.900. The molecule has 1 saturated heterocycles. The van der Waals surface area contributed by atoms with E-state index < -0.39 is 0 Å². The van der Waals surface area contributed by atoms with Crippen LogP contribution in [0.4, 0.5) is 10.5 Å². The Morgan fingerprint density at radius 2 is 2.08 bits per heavy atom. The molecule has 0 bridgehead atoms. The lowest BCUT2D eigenvalue weighted by Crippen LogP contribution is -2.47. The van der Waals surface area contributed by atoms with Crippen LogP contribution in [0.25, 0.3) is 0 Å². The van der Waals surface area contributed by atoms with Gasteiger partial charge in [0.2, 0.25) is 0 Å². The number of methoxy groups -OCH3 is 1. The van der Waals surface area contributed by atoms with Gasteiger partial charge in [0, 0.05) is 25.7 Å². The second-order valence-electron chi connectivity index (χ2n) is 5.89. The molecule has 0 unspecified atom stereocenters. The first-order valence-electron chi connectivity index (χ1n) is 8.19. The summed E-state index contributed by atoms with van der Waals surface area (Å²) in [5.41, 5.74) is 2.27. The topological polar surface area (TPSA) is 53.6 Å². The first-order valence-corrected chi connectivity index (χ1v) is 9.14. The van der Waals surface area contributed by atoms with Crippen molar-refractivity contribution in [3.05, 3.63) is 46.7 Å². The number of ether oxygens (including phenoxy) is 1. The van der Waals surface area contributed by atoms with Crippen molar-refractivity contribution in [2.75, 3.05) is 25.1 Å². The highest BCUT2D eigenvalue weighted by molar-refractivity contribution is 7.07. The number of hydrogen-bond acceptors (Lipinski definition) is 4. The molecule has 128 valence electrons. The molecule has 2 aromatic rings. The first-order chi connectivity index (χ1) is 11.8. The van der Waals surface area contributed by atoms with E-state index >= 15 is 0 Å². The van der Waals surface area contributed by atoms with Crippen LogP contribution in [0, 0.1) is 0 Å². The average Bonchev–Trinajstić information content (AvgIpc) is 3.14. The van der Waals surface area contributed by atoms with E-state index in [-0.39, 0.29) is 12.1 Å². The minimum absolute atomic E-state index is 0.0862. The zero-order valence-corrected chi connectivity index (χ0v) is 14.6. The quantitative estimate of drug-likeness (QED) is 0.875. The number of nitrogens with one attached hydrogen (secondary N) is 2. The fourth-order valence-electron chi connectivity index (χ4n) is 2.97. The van der Waals surface area contributed by atoms with Gasteiger partial charge in [-0.05, 0) is 47.4 Å². The van der Waals surface area contributed by atoms with Crippen LogP contribution in [0.2, 0.25) is 0 Å². The van der Waals surface area contributed by atoms with E-state index in [1.807, 2.05) is 35.0 Å². The highest BCUT2D eigenvalue weighted by Crippen LogP contribution is 2.29. The molecule has 5 nitrogen and oxygen atoms in total. The Bertz CT molecular complexity index is 652. The normalized spacial score (nSPS) is 15.1. The second-order valence-corrected chi connectivity index (χ2v) is 6.67. The molecule has 1 fully saturated rings. The molecule has 1 aliphatic heterocycles. The van der Waals surface area contributed by atoms with Crippen molar-refractivity contribution in [1.82, 2.24) is 10.6 Å². The van der Waals surface area contributed by atoms with E-state index in [0.717, 1.165) is 42.9 Å². The summed E-state index contributed by atoms with van der Waals surface area (Å²) in [6, 6.07) is 10.2. The predicted octanol–water partition coefficient (Wildman–Crippen LogP) is 3.22. The maximum Gasteiger partial charge on any atom is 0.315 e. The average molecular weight is 345 g/mol. The number of para-hydroxylation sites is 2. The number of amides is 2. The van der Waals surface area contributed by atoms with Gasteiger partial charge in [-0.3, -0.25) is 0 Å². The van der Waals surface area contributed by atoms with Crippen LogP contribution >= 0.6 is 11.3 Å². The Morgan fingerprint density at radius 3 is 2.79 bits per heavy atom. The summed E-state index contributed by atoms with van der Waals surface area (Å²) in [5, 5.41) is 10.1. The molecule has 1 aromatic carbocycles. The van der Waals surface area contributed by atoms with E-state index in [0.29, 0.717) is 6.54 Å². The molecular weight excluding hydrogens is 322 g/mol. The van der Waals surface area contributed by atoms with Crippen LogP contribution in [-0.2, 0) is 6.54 Å². The van der Waals surface area contributed by atoms with Crippen LogP contribution in [0.15, 0.2) is 41.1 Å². The molecule has 2 heterocycles. The number of benzene rings is 1. The van der Waals surface area contributed by atoms with Crippen LogP contribution < -0.4 is 20.3 Å². The Kier molecular flexibility index (Phi) is 5.59. The highest BCUT2D eigenvalue weighted by Gasteiger charge is 2.22. The van der Waals surface area contributed by atoms with E-state index in [9.17, 15) is 4.79 Å². The molecule has 2 amide bonds. The minimum atomic E-state index is -0.0862. The van der Waals surface area contributed by atoms with E-state index in [1.54, 1.807) is 18.4 Å². The Morgan fingerprint density at radius 1 is 1.29 bits per heavy atom. The van der Waals surface area contributed by atoms with Gasteiger partial charge in [-0.15, -0.1) is 0 Å². The number of carbonyl (C=O) groups excluding carboxylic acids is 1. The summed E-state index contributed by atoms with van der Waals surface area (Å²) in [6.45, 7) is 2.40. The summed E-state index contributed by atoms with van der Waals surface area (Å²) in [7, 11) is 1.70. The van der Waals surface area contributed by atoms with Gasteiger partial charge in [-0.25, -0.2) is 4.79 Å². The number of piperidine rings is 1. The molecule has 1 aromatic heterocycles. The minimum Gasteiger partial charge on any atom is -0.495 e. The van der Waals surface area contributed by atoms with Crippen LogP contribution in [0.5, 0.6) is 5.75 Å². The van der Waals surface area contributed by atoms with Crippen molar-refractivity contribution in [2.24, 2.45) is 0 Å². The standard InChI is InChI=1S/C18H23N3O2S/c1-23-17-5-3-2-4-16(17)21-9-6-15(7-10-21)20-18(22)19-12-14-8-11-24-13-14/h2-5,8,11,13,15H,6-7,9-10,12H2,1H3,(H2,19,20,22). The summed E-state index contributed by atoms with van der Waals surface area (Å²) in [6.07, 6.45) is 1.87. The van der Waals surface area contributed by atoms with Gasteiger partial charge in [0.05, 0.1) is 12.8 Å². The Labute approximate surface area is 146 Å². The van der Waals surface area contributed by atoms with Crippen molar-refractivity contribution in [1.29, 1.82) is 0 Å². The zero-order chi connectivity index (χ0) is 16.8. The fraction of sp³-hybridized carbons (Fsp3) is 0.389. The third-order valence-electron chi connectivity index (χ3n) is 4.29. The number of carbonyl (C=O) groups is 1. The highest BCUT2D eigenvalue weighted by atomic mass is 32.1. The lowest BCUT2D eigenvalue weighted by atomic mass is 10.0. The van der Waals surface area contributed by atoms with Crippen LogP contribution in [0.1, 0.15) is 18.4 Å². The summed E-state index contributed by atoms with van der Waals surface area (Å²) in [4.78, 5) is 14.3. The summed E-state index contributed by atoms with van der Waals surface area (Å²) >= 11 is 1.64. The molecule has 2 N–H and O–H groups in total.